The maximum Gasteiger partial charge on any atom is 0.0616 e. The Morgan fingerprint density at radius 2 is 2.18 bits per heavy atom. The largest absolute Gasteiger partial charge is 0.380 e. The highest BCUT2D eigenvalue weighted by molar-refractivity contribution is 4.93. The second-order valence-electron chi connectivity index (χ2n) is 5.63. The summed E-state index contributed by atoms with van der Waals surface area (Å²) in [6, 6.07) is 1.97. The summed E-state index contributed by atoms with van der Waals surface area (Å²) in [5.41, 5.74) is 0. The van der Waals surface area contributed by atoms with Crippen molar-refractivity contribution >= 4 is 0 Å². The highest BCUT2D eigenvalue weighted by Crippen LogP contribution is 2.32. The van der Waals surface area contributed by atoms with E-state index in [1.54, 1.807) is 0 Å². The fourth-order valence-corrected chi connectivity index (χ4v) is 3.46. The van der Waals surface area contributed by atoms with Gasteiger partial charge in [0.1, 0.15) is 0 Å². The first kappa shape index (κ1) is 13.3. The van der Waals surface area contributed by atoms with E-state index in [0.717, 1.165) is 25.2 Å². The molecule has 0 bridgehead atoms. The molecule has 3 heteroatoms. The molecule has 17 heavy (non-hydrogen) atoms. The maximum absolute atomic E-state index is 5.49. The summed E-state index contributed by atoms with van der Waals surface area (Å²) >= 11 is 0. The molecule has 2 N–H and O–H groups in total. The Labute approximate surface area is 106 Å². The van der Waals surface area contributed by atoms with Crippen molar-refractivity contribution in [2.75, 3.05) is 19.8 Å². The predicted octanol–water partition coefficient (Wildman–Crippen LogP) is 1.92. The zero-order chi connectivity index (χ0) is 12.1. The van der Waals surface area contributed by atoms with Crippen LogP contribution in [0.1, 0.15) is 46.0 Å². The van der Waals surface area contributed by atoms with Crippen LogP contribution in [0, 0.1) is 5.92 Å². The quantitative estimate of drug-likeness (QED) is 0.744. The van der Waals surface area contributed by atoms with Crippen LogP contribution in [0.2, 0.25) is 0 Å². The first-order valence-electron chi connectivity index (χ1n) is 7.38. The summed E-state index contributed by atoms with van der Waals surface area (Å²) in [5, 5.41) is 7.45. The summed E-state index contributed by atoms with van der Waals surface area (Å²) < 4.78 is 5.49. The van der Waals surface area contributed by atoms with Crippen LogP contribution in [-0.4, -0.2) is 37.9 Å². The Bertz CT molecular complexity index is 216. The lowest BCUT2D eigenvalue weighted by Gasteiger charge is -2.29. The van der Waals surface area contributed by atoms with Gasteiger partial charge in [0, 0.05) is 24.7 Å². The lowest BCUT2D eigenvalue weighted by molar-refractivity contribution is 0.119. The molecule has 1 aliphatic heterocycles. The van der Waals surface area contributed by atoms with Crippen LogP contribution < -0.4 is 10.6 Å². The van der Waals surface area contributed by atoms with Gasteiger partial charge in [-0.05, 0) is 52.0 Å². The third-order valence-electron chi connectivity index (χ3n) is 4.26. The van der Waals surface area contributed by atoms with Crippen LogP contribution in [0.4, 0.5) is 0 Å². The van der Waals surface area contributed by atoms with Gasteiger partial charge in [-0.25, -0.2) is 0 Å². The molecular weight excluding hydrogens is 212 g/mol. The Morgan fingerprint density at radius 3 is 2.88 bits per heavy atom. The average molecular weight is 240 g/mol. The zero-order valence-electron chi connectivity index (χ0n) is 11.4. The molecule has 0 aromatic carbocycles. The molecule has 2 fully saturated rings. The van der Waals surface area contributed by atoms with Crippen LogP contribution in [0.3, 0.4) is 0 Å². The molecule has 2 rings (SSSR count). The number of hydrogen-bond acceptors (Lipinski definition) is 3. The van der Waals surface area contributed by atoms with Crippen molar-refractivity contribution in [2.24, 2.45) is 5.92 Å². The predicted molar refractivity (Wildman–Crippen MR) is 71.2 cm³/mol. The van der Waals surface area contributed by atoms with Gasteiger partial charge in [0.05, 0.1) is 6.61 Å². The molecule has 2 aliphatic rings. The first-order valence-corrected chi connectivity index (χ1v) is 7.38. The molecule has 0 radical (unpaired) electrons. The third kappa shape index (κ3) is 3.67. The molecule has 4 atom stereocenters. The second kappa shape index (κ2) is 6.72. The van der Waals surface area contributed by atoms with Gasteiger partial charge in [0.25, 0.3) is 0 Å². The van der Waals surface area contributed by atoms with Crippen molar-refractivity contribution in [1.29, 1.82) is 0 Å². The molecule has 0 aromatic heterocycles. The molecule has 100 valence electrons. The number of rotatable bonds is 6. The zero-order valence-corrected chi connectivity index (χ0v) is 11.4. The molecule has 0 aromatic rings. The molecule has 1 saturated carbocycles. The van der Waals surface area contributed by atoms with Gasteiger partial charge in [-0.15, -0.1) is 0 Å². The number of ether oxygens (including phenoxy) is 1. The Kier molecular flexibility index (Phi) is 5.26. The molecule has 0 amide bonds. The average Bonchev–Trinajstić information content (AvgIpc) is 2.95. The summed E-state index contributed by atoms with van der Waals surface area (Å²) in [7, 11) is 0. The fourth-order valence-electron chi connectivity index (χ4n) is 3.46. The van der Waals surface area contributed by atoms with Gasteiger partial charge in [0.15, 0.2) is 0 Å². The smallest absolute Gasteiger partial charge is 0.0616 e. The number of hydrogen-bond donors (Lipinski definition) is 2. The highest BCUT2D eigenvalue weighted by Gasteiger charge is 2.35. The lowest BCUT2D eigenvalue weighted by atomic mass is 9.93. The molecule has 3 nitrogen and oxygen atoms in total. The fraction of sp³-hybridized carbons (Fsp3) is 1.00. The minimum Gasteiger partial charge on any atom is -0.380 e. The van der Waals surface area contributed by atoms with Crippen LogP contribution in [0.15, 0.2) is 0 Å². The second-order valence-corrected chi connectivity index (χ2v) is 5.63. The highest BCUT2D eigenvalue weighted by atomic mass is 16.5. The molecule has 4 unspecified atom stereocenters. The van der Waals surface area contributed by atoms with E-state index in [9.17, 15) is 0 Å². The van der Waals surface area contributed by atoms with E-state index in [-0.39, 0.29) is 0 Å². The van der Waals surface area contributed by atoms with Gasteiger partial charge in [-0.3, -0.25) is 0 Å². The maximum atomic E-state index is 5.49. The molecule has 1 saturated heterocycles. The van der Waals surface area contributed by atoms with Crippen molar-refractivity contribution in [3.8, 4) is 0 Å². The molecule has 1 heterocycles. The van der Waals surface area contributed by atoms with Crippen molar-refractivity contribution in [1.82, 2.24) is 10.6 Å². The Balaban J connectivity index is 1.78. The van der Waals surface area contributed by atoms with E-state index >= 15 is 0 Å². The van der Waals surface area contributed by atoms with Crippen LogP contribution in [0.25, 0.3) is 0 Å². The van der Waals surface area contributed by atoms with E-state index in [4.69, 9.17) is 4.74 Å². The van der Waals surface area contributed by atoms with Gasteiger partial charge in [-0.2, -0.15) is 0 Å². The van der Waals surface area contributed by atoms with Crippen LogP contribution in [0.5, 0.6) is 0 Å². The van der Waals surface area contributed by atoms with Crippen LogP contribution >= 0.6 is 0 Å². The molecule has 0 spiro atoms. The third-order valence-corrected chi connectivity index (χ3v) is 4.26. The topological polar surface area (TPSA) is 33.3 Å². The summed E-state index contributed by atoms with van der Waals surface area (Å²) in [4.78, 5) is 0. The van der Waals surface area contributed by atoms with E-state index in [0.29, 0.717) is 12.1 Å². The monoisotopic (exact) mass is 240 g/mol. The normalized spacial score (nSPS) is 35.3. The SMILES string of the molecule is CCOCC(C)NC1CCCC1C1CCCN1. The summed E-state index contributed by atoms with van der Waals surface area (Å²) in [6.07, 6.45) is 6.88. The van der Waals surface area contributed by atoms with Crippen molar-refractivity contribution in [3.05, 3.63) is 0 Å². The molecule has 1 aliphatic carbocycles. The van der Waals surface area contributed by atoms with Crippen molar-refractivity contribution < 1.29 is 4.74 Å². The molecular formula is C14H28N2O. The standard InChI is InChI=1S/C14H28N2O/c1-3-17-10-11(2)16-14-7-4-6-12(14)13-8-5-9-15-13/h11-16H,3-10H2,1-2H3. The first-order chi connectivity index (χ1) is 8.31. The van der Waals surface area contributed by atoms with Crippen LogP contribution in [-0.2, 0) is 4.74 Å². The van der Waals surface area contributed by atoms with E-state index in [1.807, 2.05) is 0 Å². The minimum absolute atomic E-state index is 0.488. The minimum atomic E-state index is 0.488. The number of nitrogens with one attached hydrogen (secondary N) is 2. The van der Waals surface area contributed by atoms with Gasteiger partial charge < -0.3 is 15.4 Å². The lowest BCUT2D eigenvalue weighted by Crippen LogP contribution is -2.46. The van der Waals surface area contributed by atoms with E-state index in [2.05, 4.69) is 24.5 Å². The van der Waals surface area contributed by atoms with Gasteiger partial charge in [-0.1, -0.05) is 6.42 Å². The summed E-state index contributed by atoms with van der Waals surface area (Å²) in [6.45, 7) is 7.20. The van der Waals surface area contributed by atoms with E-state index in [1.165, 1.54) is 38.6 Å². The Morgan fingerprint density at radius 1 is 1.29 bits per heavy atom. The van der Waals surface area contributed by atoms with Gasteiger partial charge in [0.2, 0.25) is 0 Å². The van der Waals surface area contributed by atoms with Gasteiger partial charge >= 0.3 is 0 Å². The van der Waals surface area contributed by atoms with Crippen molar-refractivity contribution in [2.45, 2.75) is 64.1 Å². The van der Waals surface area contributed by atoms with E-state index < -0.39 is 0 Å². The Hall–Kier alpha value is -0.120. The summed E-state index contributed by atoms with van der Waals surface area (Å²) in [5.74, 6) is 0.849. The van der Waals surface area contributed by atoms with Crippen molar-refractivity contribution in [3.63, 3.8) is 0 Å².